The summed E-state index contributed by atoms with van der Waals surface area (Å²) in [7, 11) is 0. The average Bonchev–Trinajstić information content (AvgIpc) is 2.73. The summed E-state index contributed by atoms with van der Waals surface area (Å²) in [4.78, 5) is 12.5. The standard InChI is InChI=1S/C23H17BrN2O2/c24-20-11-5-6-12-21(20)26-23(27)19(15-25)14-18-10-4-7-13-22(18)28-16-17-8-2-1-3-9-17/h1-14H,16H2,(H,26,27)/b19-14+. The maximum Gasteiger partial charge on any atom is 0.266 e. The number of ether oxygens (including phenoxy) is 1. The van der Waals surface area contributed by atoms with E-state index in [1.165, 1.54) is 6.08 Å². The lowest BCUT2D eigenvalue weighted by Gasteiger charge is -2.10. The summed E-state index contributed by atoms with van der Waals surface area (Å²) in [5, 5.41) is 12.2. The number of nitrogens with one attached hydrogen (secondary N) is 1. The molecule has 3 aromatic carbocycles. The molecule has 138 valence electrons. The molecule has 4 nitrogen and oxygen atoms in total. The van der Waals surface area contributed by atoms with Crippen LogP contribution in [0.4, 0.5) is 5.69 Å². The Morgan fingerprint density at radius 2 is 1.68 bits per heavy atom. The van der Waals surface area contributed by atoms with Crippen LogP contribution in [0, 0.1) is 11.3 Å². The van der Waals surface area contributed by atoms with Crippen molar-refractivity contribution in [2.24, 2.45) is 0 Å². The Hall–Kier alpha value is -3.36. The van der Waals surface area contributed by atoms with Gasteiger partial charge in [-0.1, -0.05) is 60.7 Å². The molecule has 1 amide bonds. The molecule has 28 heavy (non-hydrogen) atoms. The number of rotatable bonds is 6. The molecule has 0 saturated heterocycles. The molecule has 3 aromatic rings. The molecular formula is C23H17BrN2O2. The van der Waals surface area contributed by atoms with E-state index in [2.05, 4.69) is 21.2 Å². The maximum absolute atomic E-state index is 12.5. The number of para-hydroxylation sites is 2. The molecule has 0 saturated carbocycles. The number of anilines is 1. The van der Waals surface area contributed by atoms with E-state index in [9.17, 15) is 10.1 Å². The highest BCUT2D eigenvalue weighted by atomic mass is 79.9. The number of nitrogens with zero attached hydrogens (tertiary/aromatic N) is 1. The second-order valence-corrected chi connectivity index (χ2v) is 6.77. The summed E-state index contributed by atoms with van der Waals surface area (Å²) >= 11 is 3.38. The molecule has 0 heterocycles. The SMILES string of the molecule is N#C/C(=C\c1ccccc1OCc1ccccc1)C(=O)Nc1ccccc1Br. The topological polar surface area (TPSA) is 62.1 Å². The molecule has 0 unspecified atom stereocenters. The second-order valence-electron chi connectivity index (χ2n) is 5.92. The van der Waals surface area contributed by atoms with Crippen molar-refractivity contribution < 1.29 is 9.53 Å². The molecular weight excluding hydrogens is 416 g/mol. The Morgan fingerprint density at radius 1 is 1.00 bits per heavy atom. The van der Waals surface area contributed by atoms with Crippen LogP contribution in [0.5, 0.6) is 5.75 Å². The molecule has 3 rings (SSSR count). The molecule has 0 fully saturated rings. The zero-order valence-corrected chi connectivity index (χ0v) is 16.5. The van der Waals surface area contributed by atoms with Gasteiger partial charge in [-0.05, 0) is 45.8 Å². The third-order valence-electron chi connectivity index (χ3n) is 3.94. The van der Waals surface area contributed by atoms with E-state index in [-0.39, 0.29) is 5.57 Å². The minimum atomic E-state index is -0.479. The third kappa shape index (κ3) is 5.09. The minimum absolute atomic E-state index is 0.00786. The molecule has 0 spiro atoms. The van der Waals surface area contributed by atoms with Gasteiger partial charge in [-0.3, -0.25) is 4.79 Å². The summed E-state index contributed by atoms with van der Waals surface area (Å²) in [6, 6.07) is 26.3. The van der Waals surface area contributed by atoms with Crippen molar-refractivity contribution >= 4 is 33.6 Å². The Labute approximate surface area is 172 Å². The Morgan fingerprint density at radius 3 is 2.43 bits per heavy atom. The molecule has 0 aliphatic carbocycles. The predicted octanol–water partition coefficient (Wildman–Crippen LogP) is 5.57. The van der Waals surface area contributed by atoms with Crippen molar-refractivity contribution in [1.29, 1.82) is 5.26 Å². The van der Waals surface area contributed by atoms with Gasteiger partial charge in [-0.25, -0.2) is 0 Å². The van der Waals surface area contributed by atoms with Gasteiger partial charge in [0.1, 0.15) is 24.0 Å². The lowest BCUT2D eigenvalue weighted by Crippen LogP contribution is -2.13. The van der Waals surface area contributed by atoms with Gasteiger partial charge in [0.2, 0.25) is 0 Å². The zero-order valence-electron chi connectivity index (χ0n) is 14.9. The lowest BCUT2D eigenvalue weighted by atomic mass is 10.1. The quantitative estimate of drug-likeness (QED) is 0.408. The van der Waals surface area contributed by atoms with E-state index in [0.29, 0.717) is 23.6 Å². The monoisotopic (exact) mass is 432 g/mol. The lowest BCUT2D eigenvalue weighted by molar-refractivity contribution is -0.112. The van der Waals surface area contributed by atoms with Gasteiger partial charge in [0.05, 0.1) is 5.69 Å². The Bertz CT molecular complexity index is 1040. The van der Waals surface area contributed by atoms with Gasteiger partial charge < -0.3 is 10.1 Å². The van der Waals surface area contributed by atoms with Crippen LogP contribution in [0.1, 0.15) is 11.1 Å². The van der Waals surface area contributed by atoms with Crippen LogP contribution in [-0.2, 0) is 11.4 Å². The van der Waals surface area contributed by atoms with Crippen LogP contribution in [0.15, 0.2) is 88.9 Å². The number of amides is 1. The van der Waals surface area contributed by atoms with Gasteiger partial charge >= 0.3 is 0 Å². The summed E-state index contributed by atoms with van der Waals surface area (Å²) in [5.74, 6) is 0.125. The number of carbonyl (C=O) groups excluding carboxylic acids is 1. The largest absolute Gasteiger partial charge is 0.488 e. The second kappa shape index (κ2) is 9.54. The molecule has 0 bridgehead atoms. The van der Waals surface area contributed by atoms with Crippen LogP contribution in [0.25, 0.3) is 6.08 Å². The number of hydrogen-bond donors (Lipinski definition) is 1. The van der Waals surface area contributed by atoms with Crippen molar-refractivity contribution in [3.05, 3.63) is 100 Å². The first-order chi connectivity index (χ1) is 13.7. The van der Waals surface area contributed by atoms with Crippen LogP contribution in [0.3, 0.4) is 0 Å². The summed E-state index contributed by atoms with van der Waals surface area (Å²) in [5.41, 5.74) is 2.29. The minimum Gasteiger partial charge on any atom is -0.488 e. The fourth-order valence-electron chi connectivity index (χ4n) is 2.52. The van der Waals surface area contributed by atoms with E-state index < -0.39 is 5.91 Å². The third-order valence-corrected chi connectivity index (χ3v) is 4.63. The fourth-order valence-corrected chi connectivity index (χ4v) is 2.91. The van der Waals surface area contributed by atoms with Crippen molar-refractivity contribution in [2.45, 2.75) is 6.61 Å². The Kier molecular flexibility index (Phi) is 6.61. The highest BCUT2D eigenvalue weighted by Gasteiger charge is 2.12. The number of nitriles is 1. The van der Waals surface area contributed by atoms with E-state index in [4.69, 9.17) is 4.74 Å². The normalized spacial score (nSPS) is 10.8. The average molecular weight is 433 g/mol. The number of carbonyl (C=O) groups is 1. The van der Waals surface area contributed by atoms with Crippen LogP contribution in [-0.4, -0.2) is 5.91 Å². The predicted molar refractivity (Wildman–Crippen MR) is 114 cm³/mol. The number of benzene rings is 3. The van der Waals surface area contributed by atoms with Crippen LogP contribution in [0.2, 0.25) is 0 Å². The van der Waals surface area contributed by atoms with E-state index in [1.807, 2.05) is 78.9 Å². The molecule has 0 radical (unpaired) electrons. The van der Waals surface area contributed by atoms with Gasteiger partial charge in [0.15, 0.2) is 0 Å². The molecule has 5 heteroatoms. The van der Waals surface area contributed by atoms with Gasteiger partial charge in [-0.15, -0.1) is 0 Å². The van der Waals surface area contributed by atoms with Crippen molar-refractivity contribution in [1.82, 2.24) is 0 Å². The Balaban J connectivity index is 1.79. The smallest absolute Gasteiger partial charge is 0.266 e. The maximum atomic E-state index is 12.5. The zero-order chi connectivity index (χ0) is 19.8. The first-order valence-corrected chi connectivity index (χ1v) is 9.40. The molecule has 0 aliphatic heterocycles. The first-order valence-electron chi connectivity index (χ1n) is 8.61. The number of hydrogen-bond acceptors (Lipinski definition) is 3. The van der Waals surface area contributed by atoms with Gasteiger partial charge in [-0.2, -0.15) is 5.26 Å². The van der Waals surface area contributed by atoms with Crippen molar-refractivity contribution in [3.8, 4) is 11.8 Å². The summed E-state index contributed by atoms with van der Waals surface area (Å²) in [6.45, 7) is 0.400. The first kappa shape index (κ1) is 19.4. The van der Waals surface area contributed by atoms with Crippen LogP contribution >= 0.6 is 15.9 Å². The molecule has 1 N–H and O–H groups in total. The van der Waals surface area contributed by atoms with Gasteiger partial charge in [0.25, 0.3) is 5.91 Å². The molecule has 0 aliphatic rings. The van der Waals surface area contributed by atoms with E-state index in [1.54, 1.807) is 6.07 Å². The van der Waals surface area contributed by atoms with Gasteiger partial charge in [0, 0.05) is 10.0 Å². The van der Waals surface area contributed by atoms with Crippen LogP contribution < -0.4 is 10.1 Å². The summed E-state index contributed by atoms with van der Waals surface area (Å²) < 4.78 is 6.64. The highest BCUT2D eigenvalue weighted by molar-refractivity contribution is 9.10. The molecule has 0 aromatic heterocycles. The van der Waals surface area contributed by atoms with Crippen molar-refractivity contribution in [3.63, 3.8) is 0 Å². The van der Waals surface area contributed by atoms with Crippen molar-refractivity contribution in [2.75, 3.05) is 5.32 Å². The fraction of sp³-hybridized carbons (Fsp3) is 0.0435. The summed E-state index contributed by atoms with van der Waals surface area (Å²) in [6.07, 6.45) is 1.53. The number of halogens is 1. The molecule has 0 atom stereocenters. The van der Waals surface area contributed by atoms with E-state index in [0.717, 1.165) is 10.0 Å². The highest BCUT2D eigenvalue weighted by Crippen LogP contribution is 2.24. The van der Waals surface area contributed by atoms with E-state index >= 15 is 0 Å².